The first-order chi connectivity index (χ1) is 9.56. The number of nitro benzene ring substituents is 1. The smallest absolute Gasteiger partial charge is 0.271 e. The van der Waals surface area contributed by atoms with Crippen LogP contribution < -0.4 is 5.32 Å². The number of nitrogens with one attached hydrogen (secondary N) is 1. The van der Waals surface area contributed by atoms with Crippen molar-refractivity contribution in [2.24, 2.45) is 5.41 Å². The topological polar surface area (TPSA) is 75.4 Å². The highest BCUT2D eigenvalue weighted by Crippen LogP contribution is 2.37. The summed E-state index contributed by atoms with van der Waals surface area (Å²) in [5.41, 5.74) is 0.435. The van der Waals surface area contributed by atoms with E-state index in [1.807, 2.05) is 0 Å². The van der Waals surface area contributed by atoms with E-state index in [1.54, 1.807) is 0 Å². The molecule has 0 atom stereocenters. The zero-order valence-corrected chi connectivity index (χ0v) is 12.0. The van der Waals surface area contributed by atoms with E-state index in [-0.39, 0.29) is 17.7 Å². The summed E-state index contributed by atoms with van der Waals surface area (Å²) in [6.07, 6.45) is 5.39. The van der Waals surface area contributed by atoms with Gasteiger partial charge in [-0.2, -0.15) is 0 Å². The second-order valence-electron chi connectivity index (χ2n) is 5.49. The molecule has 0 aliphatic heterocycles. The van der Waals surface area contributed by atoms with Gasteiger partial charge in [-0.15, -0.1) is 0 Å². The number of nitro groups is 1. The summed E-state index contributed by atoms with van der Waals surface area (Å²) in [4.78, 5) is 10.3. The third-order valence-corrected chi connectivity index (χ3v) is 4.39. The number of aliphatic hydroxyl groups is 1. The van der Waals surface area contributed by atoms with Gasteiger partial charge in [0.05, 0.1) is 22.2 Å². The maximum absolute atomic E-state index is 10.8. The molecule has 0 bridgehead atoms. The largest absolute Gasteiger partial charge is 0.396 e. The molecule has 0 heterocycles. The lowest BCUT2D eigenvalue weighted by Crippen LogP contribution is -2.35. The number of non-ortho nitro benzene ring substituents is 1. The van der Waals surface area contributed by atoms with Crippen molar-refractivity contribution < 1.29 is 10.0 Å². The van der Waals surface area contributed by atoms with E-state index in [0.717, 1.165) is 25.7 Å². The van der Waals surface area contributed by atoms with Crippen LogP contribution in [0.1, 0.15) is 32.1 Å². The predicted molar refractivity (Wildman–Crippen MR) is 79.2 cm³/mol. The second-order valence-corrected chi connectivity index (χ2v) is 5.90. The second kappa shape index (κ2) is 6.41. The van der Waals surface area contributed by atoms with Gasteiger partial charge in [-0.1, -0.05) is 30.9 Å². The van der Waals surface area contributed by atoms with Crippen molar-refractivity contribution in [3.63, 3.8) is 0 Å². The first-order valence-electron chi connectivity index (χ1n) is 6.85. The summed E-state index contributed by atoms with van der Waals surface area (Å²) in [5.74, 6) is 0. The van der Waals surface area contributed by atoms with Crippen LogP contribution in [0.2, 0.25) is 5.02 Å². The fourth-order valence-corrected chi connectivity index (χ4v) is 2.92. The van der Waals surface area contributed by atoms with Crippen molar-refractivity contribution in [3.05, 3.63) is 33.3 Å². The zero-order valence-electron chi connectivity index (χ0n) is 11.3. The molecular formula is C14H19ClN2O3. The van der Waals surface area contributed by atoms with Gasteiger partial charge in [-0.25, -0.2) is 0 Å². The Labute approximate surface area is 123 Å². The summed E-state index contributed by atoms with van der Waals surface area (Å²) < 4.78 is 0. The monoisotopic (exact) mass is 298 g/mol. The molecule has 2 rings (SSSR count). The maximum atomic E-state index is 10.8. The van der Waals surface area contributed by atoms with Gasteiger partial charge < -0.3 is 10.4 Å². The lowest BCUT2D eigenvalue weighted by atomic mass is 9.74. The van der Waals surface area contributed by atoms with Gasteiger partial charge in [-0.05, 0) is 18.9 Å². The third-order valence-electron chi connectivity index (χ3n) is 4.06. The fraction of sp³-hybridized carbons (Fsp3) is 0.571. The predicted octanol–water partition coefficient (Wildman–Crippen LogP) is 3.60. The standard InChI is InChI=1S/C14H19ClN2O3/c15-12-5-4-11(17(19)20)8-13(12)16-9-14(10-18)6-2-1-3-7-14/h4-5,8,16,18H,1-3,6-7,9-10H2. The first-order valence-corrected chi connectivity index (χ1v) is 7.23. The number of nitrogens with zero attached hydrogens (tertiary/aromatic N) is 1. The molecule has 1 aliphatic carbocycles. The highest BCUT2D eigenvalue weighted by molar-refractivity contribution is 6.33. The highest BCUT2D eigenvalue weighted by Gasteiger charge is 2.31. The highest BCUT2D eigenvalue weighted by atomic mass is 35.5. The Morgan fingerprint density at radius 2 is 2.05 bits per heavy atom. The van der Waals surface area contributed by atoms with Gasteiger partial charge >= 0.3 is 0 Å². The lowest BCUT2D eigenvalue weighted by Gasteiger charge is -2.36. The third kappa shape index (κ3) is 3.41. The average molecular weight is 299 g/mol. The van der Waals surface area contributed by atoms with Crippen LogP contribution in [0.15, 0.2) is 18.2 Å². The van der Waals surface area contributed by atoms with E-state index >= 15 is 0 Å². The number of benzene rings is 1. The fourth-order valence-electron chi connectivity index (χ4n) is 2.74. The van der Waals surface area contributed by atoms with Crippen molar-refractivity contribution in [2.45, 2.75) is 32.1 Å². The minimum Gasteiger partial charge on any atom is -0.396 e. The Morgan fingerprint density at radius 3 is 2.65 bits per heavy atom. The Hall–Kier alpha value is -1.33. The van der Waals surface area contributed by atoms with Crippen molar-refractivity contribution in [3.8, 4) is 0 Å². The van der Waals surface area contributed by atoms with Gasteiger partial charge in [0.2, 0.25) is 0 Å². The number of hydrogen-bond acceptors (Lipinski definition) is 4. The number of aliphatic hydroxyl groups excluding tert-OH is 1. The zero-order chi connectivity index (χ0) is 14.6. The van der Waals surface area contributed by atoms with E-state index in [2.05, 4.69) is 5.32 Å². The molecule has 1 fully saturated rings. The molecule has 0 saturated heterocycles. The van der Waals surface area contributed by atoms with Crippen LogP contribution in [0, 0.1) is 15.5 Å². The molecule has 1 aliphatic rings. The quantitative estimate of drug-likeness (QED) is 0.643. The summed E-state index contributed by atoms with van der Waals surface area (Å²) in [5, 5.41) is 24.1. The molecule has 0 radical (unpaired) electrons. The van der Waals surface area contributed by atoms with Gasteiger partial charge in [0, 0.05) is 24.1 Å². The van der Waals surface area contributed by atoms with Crippen molar-refractivity contribution >= 4 is 23.0 Å². The van der Waals surface area contributed by atoms with E-state index in [1.165, 1.54) is 24.6 Å². The van der Waals surface area contributed by atoms with Crippen LogP contribution in [0.4, 0.5) is 11.4 Å². The van der Waals surface area contributed by atoms with Crippen molar-refractivity contribution in [1.29, 1.82) is 0 Å². The molecule has 1 aromatic carbocycles. The number of anilines is 1. The molecule has 0 unspecified atom stereocenters. The van der Waals surface area contributed by atoms with Crippen LogP contribution in [-0.2, 0) is 0 Å². The summed E-state index contributed by atoms with van der Waals surface area (Å²) in [7, 11) is 0. The Bertz CT molecular complexity index is 487. The van der Waals surface area contributed by atoms with Crippen LogP contribution in [0.25, 0.3) is 0 Å². The minimum absolute atomic E-state index is 0.0126. The molecule has 0 amide bonds. The van der Waals surface area contributed by atoms with E-state index < -0.39 is 4.92 Å². The molecular weight excluding hydrogens is 280 g/mol. The summed E-state index contributed by atoms with van der Waals surface area (Å²) >= 11 is 6.06. The number of rotatable bonds is 5. The molecule has 6 heteroatoms. The molecule has 1 saturated carbocycles. The summed E-state index contributed by atoms with van der Waals surface area (Å²) in [6, 6.07) is 4.35. The van der Waals surface area contributed by atoms with Crippen LogP contribution in [0.5, 0.6) is 0 Å². The molecule has 20 heavy (non-hydrogen) atoms. The van der Waals surface area contributed by atoms with E-state index in [4.69, 9.17) is 11.6 Å². The van der Waals surface area contributed by atoms with Crippen molar-refractivity contribution in [1.82, 2.24) is 0 Å². The van der Waals surface area contributed by atoms with E-state index in [0.29, 0.717) is 17.3 Å². The molecule has 0 spiro atoms. The normalized spacial score (nSPS) is 17.7. The minimum atomic E-state index is -0.441. The maximum Gasteiger partial charge on any atom is 0.271 e. The van der Waals surface area contributed by atoms with Gasteiger partial charge in [0.1, 0.15) is 0 Å². The first kappa shape index (κ1) is 15.1. The van der Waals surface area contributed by atoms with Gasteiger partial charge in [-0.3, -0.25) is 10.1 Å². The molecule has 0 aromatic heterocycles. The van der Waals surface area contributed by atoms with Gasteiger partial charge in [0.25, 0.3) is 5.69 Å². The van der Waals surface area contributed by atoms with E-state index in [9.17, 15) is 15.2 Å². The molecule has 1 aromatic rings. The Kier molecular flexibility index (Phi) is 4.83. The summed E-state index contributed by atoms with van der Waals surface area (Å²) in [6.45, 7) is 0.719. The average Bonchev–Trinajstić information content (AvgIpc) is 2.47. The SMILES string of the molecule is O=[N+]([O-])c1ccc(Cl)c(NCC2(CO)CCCCC2)c1. The lowest BCUT2D eigenvalue weighted by molar-refractivity contribution is -0.384. The molecule has 110 valence electrons. The Morgan fingerprint density at radius 1 is 1.35 bits per heavy atom. The van der Waals surface area contributed by atoms with Crippen LogP contribution >= 0.6 is 11.6 Å². The van der Waals surface area contributed by atoms with Crippen molar-refractivity contribution in [2.75, 3.05) is 18.5 Å². The Balaban J connectivity index is 2.09. The van der Waals surface area contributed by atoms with Gasteiger partial charge in [0.15, 0.2) is 0 Å². The molecule has 2 N–H and O–H groups in total. The van der Waals surface area contributed by atoms with Crippen LogP contribution in [-0.4, -0.2) is 23.2 Å². The van der Waals surface area contributed by atoms with Crippen LogP contribution in [0.3, 0.4) is 0 Å². The number of hydrogen-bond donors (Lipinski definition) is 2. The number of halogens is 1. The molecule has 5 nitrogen and oxygen atoms in total.